The molecule has 2 N–H and O–H groups in total. The van der Waals surface area contributed by atoms with Gasteiger partial charge in [0.15, 0.2) is 11.3 Å². The van der Waals surface area contributed by atoms with Crippen LogP contribution in [0, 0.1) is 6.92 Å². The molecule has 4 aromatic rings. The maximum atomic E-state index is 12.2. The summed E-state index contributed by atoms with van der Waals surface area (Å²) in [6, 6.07) is 9.75. The quantitative estimate of drug-likeness (QED) is 0.585. The van der Waals surface area contributed by atoms with Gasteiger partial charge in [0.25, 0.3) is 11.9 Å². The smallest absolute Gasteiger partial charge is 0.280 e. The van der Waals surface area contributed by atoms with E-state index < -0.39 is 5.91 Å². The number of anilines is 1. The fourth-order valence-electron chi connectivity index (χ4n) is 2.39. The van der Waals surface area contributed by atoms with E-state index in [1.165, 1.54) is 0 Å². The summed E-state index contributed by atoms with van der Waals surface area (Å²) in [5.41, 5.74) is 1.92. The number of amides is 1. The van der Waals surface area contributed by atoms with Crippen molar-refractivity contribution < 1.29 is 9.32 Å². The summed E-state index contributed by atoms with van der Waals surface area (Å²) in [4.78, 5) is 12.2. The van der Waals surface area contributed by atoms with Crippen LogP contribution in [0.3, 0.4) is 0 Å². The maximum Gasteiger partial charge on any atom is 0.280 e. The summed E-state index contributed by atoms with van der Waals surface area (Å²) in [5.74, 6) is -0.371. The predicted octanol–water partition coefficient (Wildman–Crippen LogP) is 2.05. The zero-order chi connectivity index (χ0) is 15.1. The highest BCUT2D eigenvalue weighted by molar-refractivity contribution is 6.15. The number of carbonyl (C=O) groups is 1. The van der Waals surface area contributed by atoms with Gasteiger partial charge in [-0.05, 0) is 23.6 Å². The van der Waals surface area contributed by atoms with Crippen molar-refractivity contribution in [3.63, 3.8) is 0 Å². The summed E-state index contributed by atoms with van der Waals surface area (Å²) >= 11 is 0. The van der Waals surface area contributed by atoms with Gasteiger partial charge in [0.1, 0.15) is 0 Å². The van der Waals surface area contributed by atoms with E-state index >= 15 is 0 Å². The van der Waals surface area contributed by atoms with Gasteiger partial charge < -0.3 is 4.52 Å². The fourth-order valence-corrected chi connectivity index (χ4v) is 2.39. The van der Waals surface area contributed by atoms with Crippen molar-refractivity contribution in [3.8, 4) is 0 Å². The molecular formula is C14H10N6O2. The number of nitrogens with one attached hydrogen (secondary N) is 2. The average Bonchev–Trinajstić information content (AvgIpc) is 3.15. The third kappa shape index (κ3) is 1.89. The highest BCUT2D eigenvalue weighted by atomic mass is 16.5. The van der Waals surface area contributed by atoms with Gasteiger partial charge in [-0.15, -0.1) is 5.10 Å². The molecule has 2 aromatic heterocycles. The number of tetrazole rings is 1. The molecule has 108 valence electrons. The van der Waals surface area contributed by atoms with Crippen LogP contribution in [0.15, 0.2) is 34.9 Å². The van der Waals surface area contributed by atoms with Gasteiger partial charge in [-0.1, -0.05) is 40.1 Å². The second-order valence-corrected chi connectivity index (χ2v) is 4.89. The van der Waals surface area contributed by atoms with Gasteiger partial charge in [0, 0.05) is 5.39 Å². The van der Waals surface area contributed by atoms with E-state index in [-0.39, 0.29) is 11.6 Å². The number of hydrogen-bond donors (Lipinski definition) is 2. The number of hydrogen-bond acceptors (Lipinski definition) is 6. The van der Waals surface area contributed by atoms with E-state index in [0.29, 0.717) is 11.0 Å². The number of nitrogens with zero attached hydrogens (tertiary/aromatic N) is 4. The van der Waals surface area contributed by atoms with Crippen LogP contribution in [0.1, 0.15) is 16.1 Å². The number of aromatic nitrogens is 5. The molecule has 0 aliphatic carbocycles. The van der Waals surface area contributed by atoms with Crippen LogP contribution in [0.25, 0.3) is 21.7 Å². The number of aromatic amines is 1. The molecule has 0 fully saturated rings. The molecule has 0 spiro atoms. The minimum atomic E-state index is -0.452. The summed E-state index contributed by atoms with van der Waals surface area (Å²) < 4.78 is 5.37. The molecule has 8 heteroatoms. The molecule has 0 aliphatic rings. The van der Waals surface area contributed by atoms with Crippen molar-refractivity contribution in [1.29, 1.82) is 0 Å². The molecule has 4 rings (SSSR count). The van der Waals surface area contributed by atoms with Crippen molar-refractivity contribution in [2.45, 2.75) is 6.92 Å². The van der Waals surface area contributed by atoms with Crippen LogP contribution in [0.2, 0.25) is 0 Å². The standard InChI is InChI=1S/C14H10N6O2/c1-7-2-4-9-8(6-7)3-5-10-11(18-22-12(9)10)13(21)15-14-16-19-20-17-14/h2-6H,1H3,(H2,15,16,17,19,20,21). The first-order valence-corrected chi connectivity index (χ1v) is 6.56. The van der Waals surface area contributed by atoms with Gasteiger partial charge in [-0.25, -0.2) is 0 Å². The number of benzene rings is 2. The lowest BCUT2D eigenvalue weighted by Gasteiger charge is -2.00. The zero-order valence-corrected chi connectivity index (χ0v) is 11.5. The first-order chi connectivity index (χ1) is 10.7. The number of H-pyrrole nitrogens is 1. The Morgan fingerprint density at radius 2 is 2.09 bits per heavy atom. The van der Waals surface area contributed by atoms with Crippen LogP contribution in [-0.4, -0.2) is 31.7 Å². The average molecular weight is 294 g/mol. The molecule has 2 heterocycles. The van der Waals surface area contributed by atoms with E-state index in [1.807, 2.05) is 31.2 Å². The topological polar surface area (TPSA) is 110 Å². The van der Waals surface area contributed by atoms with Gasteiger partial charge in [-0.2, -0.15) is 5.21 Å². The number of carbonyl (C=O) groups excluding carboxylic acids is 1. The molecule has 0 unspecified atom stereocenters. The minimum Gasteiger partial charge on any atom is -0.355 e. The van der Waals surface area contributed by atoms with Crippen LogP contribution in [0.5, 0.6) is 0 Å². The summed E-state index contributed by atoms with van der Waals surface area (Å²) in [6.45, 7) is 2.02. The number of fused-ring (bicyclic) bond motifs is 3. The summed E-state index contributed by atoms with van der Waals surface area (Å²) in [7, 11) is 0. The molecule has 8 nitrogen and oxygen atoms in total. The molecule has 0 radical (unpaired) electrons. The molecule has 0 atom stereocenters. The van der Waals surface area contributed by atoms with Crippen molar-refractivity contribution in [2.75, 3.05) is 5.32 Å². The van der Waals surface area contributed by atoms with Gasteiger partial charge in [0.2, 0.25) is 0 Å². The zero-order valence-electron chi connectivity index (χ0n) is 11.5. The Balaban J connectivity index is 1.82. The second kappa shape index (κ2) is 4.62. The molecule has 1 amide bonds. The van der Waals surface area contributed by atoms with Crippen molar-refractivity contribution in [1.82, 2.24) is 25.8 Å². The first-order valence-electron chi connectivity index (χ1n) is 6.56. The molecular weight excluding hydrogens is 284 g/mol. The lowest BCUT2D eigenvalue weighted by atomic mass is 10.0. The molecule has 0 aliphatic heterocycles. The Labute approximate surface area is 123 Å². The molecule has 0 bridgehead atoms. The van der Waals surface area contributed by atoms with Crippen molar-refractivity contribution in [3.05, 3.63) is 41.6 Å². The largest absolute Gasteiger partial charge is 0.355 e. The van der Waals surface area contributed by atoms with Gasteiger partial charge >= 0.3 is 0 Å². The third-order valence-corrected chi connectivity index (χ3v) is 3.39. The van der Waals surface area contributed by atoms with E-state index in [2.05, 4.69) is 37.2 Å². The Bertz CT molecular complexity index is 989. The first kappa shape index (κ1) is 12.5. The third-order valence-electron chi connectivity index (χ3n) is 3.39. The maximum absolute atomic E-state index is 12.2. The number of aryl methyl sites for hydroxylation is 1. The second-order valence-electron chi connectivity index (χ2n) is 4.89. The van der Waals surface area contributed by atoms with Crippen LogP contribution in [-0.2, 0) is 0 Å². The van der Waals surface area contributed by atoms with Crippen LogP contribution >= 0.6 is 0 Å². The van der Waals surface area contributed by atoms with Crippen molar-refractivity contribution in [2.24, 2.45) is 0 Å². The summed E-state index contributed by atoms with van der Waals surface area (Å²) in [5, 5.41) is 21.9. The molecule has 22 heavy (non-hydrogen) atoms. The monoisotopic (exact) mass is 294 g/mol. The summed E-state index contributed by atoms with van der Waals surface area (Å²) in [6.07, 6.45) is 0. The van der Waals surface area contributed by atoms with Crippen LogP contribution in [0.4, 0.5) is 5.95 Å². The van der Waals surface area contributed by atoms with Gasteiger partial charge in [-0.3, -0.25) is 10.1 Å². The highest BCUT2D eigenvalue weighted by Gasteiger charge is 2.19. The Hall–Kier alpha value is -3.29. The lowest BCUT2D eigenvalue weighted by Crippen LogP contribution is -2.13. The van der Waals surface area contributed by atoms with E-state index in [1.54, 1.807) is 0 Å². The molecule has 0 saturated heterocycles. The molecule has 0 saturated carbocycles. The van der Waals surface area contributed by atoms with E-state index in [0.717, 1.165) is 16.3 Å². The predicted molar refractivity (Wildman–Crippen MR) is 78.4 cm³/mol. The number of rotatable bonds is 2. The van der Waals surface area contributed by atoms with E-state index in [9.17, 15) is 4.79 Å². The normalized spacial score (nSPS) is 11.1. The highest BCUT2D eigenvalue weighted by Crippen LogP contribution is 2.28. The lowest BCUT2D eigenvalue weighted by molar-refractivity contribution is 0.101. The van der Waals surface area contributed by atoms with Crippen molar-refractivity contribution >= 4 is 33.6 Å². The Kier molecular flexibility index (Phi) is 2.62. The minimum absolute atomic E-state index is 0.0811. The SMILES string of the molecule is Cc1ccc2c(ccc3c(C(=O)Nc4nn[nH]n4)noc32)c1. The molecule has 2 aromatic carbocycles. The van der Waals surface area contributed by atoms with E-state index in [4.69, 9.17) is 4.52 Å². The fraction of sp³-hybridized carbons (Fsp3) is 0.0714. The van der Waals surface area contributed by atoms with Crippen LogP contribution < -0.4 is 5.32 Å². The Morgan fingerprint density at radius 3 is 2.91 bits per heavy atom. The Morgan fingerprint density at radius 1 is 1.23 bits per heavy atom. The van der Waals surface area contributed by atoms with Gasteiger partial charge in [0.05, 0.1) is 5.39 Å².